The van der Waals surface area contributed by atoms with Crippen molar-refractivity contribution >= 4 is 18.3 Å². The second-order valence-electron chi connectivity index (χ2n) is 2.78. The molecule has 0 saturated heterocycles. The molecule has 70 valence electrons. The van der Waals surface area contributed by atoms with Crippen molar-refractivity contribution in [2.45, 2.75) is 18.6 Å². The van der Waals surface area contributed by atoms with Gasteiger partial charge in [0.2, 0.25) is 0 Å². The van der Waals surface area contributed by atoms with Crippen molar-refractivity contribution in [2.24, 2.45) is 0 Å². The van der Waals surface area contributed by atoms with E-state index < -0.39 is 0 Å². The van der Waals surface area contributed by atoms with E-state index in [1.807, 2.05) is 13.0 Å². The molecule has 0 bridgehead atoms. The van der Waals surface area contributed by atoms with Crippen molar-refractivity contribution in [2.75, 3.05) is 0 Å². The third kappa shape index (κ3) is 2.45. The highest BCUT2D eigenvalue weighted by Gasteiger charge is 2.09. The normalized spacial score (nSPS) is 12.5. The van der Waals surface area contributed by atoms with Crippen LogP contribution in [0.4, 0.5) is 5.69 Å². The number of non-ortho nitro benzene ring substituents is 1. The lowest BCUT2D eigenvalue weighted by Gasteiger charge is -2.06. The smallest absolute Gasteiger partial charge is 0.258 e. The maximum Gasteiger partial charge on any atom is 0.269 e. The summed E-state index contributed by atoms with van der Waals surface area (Å²) < 4.78 is 0. The van der Waals surface area contributed by atoms with Crippen LogP contribution in [-0.4, -0.2) is 4.92 Å². The van der Waals surface area contributed by atoms with E-state index in [4.69, 9.17) is 0 Å². The van der Waals surface area contributed by atoms with Crippen LogP contribution in [0.5, 0.6) is 0 Å². The molecule has 4 heteroatoms. The number of hydrogen-bond acceptors (Lipinski definition) is 3. The van der Waals surface area contributed by atoms with Gasteiger partial charge in [0, 0.05) is 17.4 Å². The number of thiol groups is 1. The first-order chi connectivity index (χ1) is 6.15. The highest BCUT2D eigenvalue weighted by molar-refractivity contribution is 7.80. The van der Waals surface area contributed by atoms with E-state index >= 15 is 0 Å². The van der Waals surface area contributed by atoms with Crippen LogP contribution in [0.15, 0.2) is 24.3 Å². The van der Waals surface area contributed by atoms with Crippen molar-refractivity contribution in [3.63, 3.8) is 0 Å². The van der Waals surface area contributed by atoms with E-state index in [-0.39, 0.29) is 15.9 Å². The molecule has 0 fully saturated rings. The van der Waals surface area contributed by atoms with Crippen LogP contribution < -0.4 is 0 Å². The van der Waals surface area contributed by atoms with Gasteiger partial charge in [-0.25, -0.2) is 0 Å². The molecule has 1 unspecified atom stereocenters. The SMILES string of the molecule is CCC(S)c1cccc([N+](=O)[O-])c1. The number of nitro groups is 1. The summed E-state index contributed by atoms with van der Waals surface area (Å²) in [5.41, 5.74) is 1.03. The fourth-order valence-electron chi connectivity index (χ4n) is 1.08. The zero-order valence-electron chi connectivity index (χ0n) is 7.30. The number of nitro benzene ring substituents is 1. The predicted molar refractivity (Wildman–Crippen MR) is 55.1 cm³/mol. The van der Waals surface area contributed by atoms with E-state index in [9.17, 15) is 10.1 Å². The fraction of sp³-hybridized carbons (Fsp3) is 0.333. The summed E-state index contributed by atoms with van der Waals surface area (Å²) in [7, 11) is 0. The predicted octanol–water partition coefficient (Wildman–Crippen LogP) is 2.98. The summed E-state index contributed by atoms with van der Waals surface area (Å²) in [4.78, 5) is 10.1. The zero-order chi connectivity index (χ0) is 9.84. The standard InChI is InChI=1S/C9H11NO2S/c1-2-9(13)7-4-3-5-8(6-7)10(11)12/h3-6,9,13H,2H2,1H3. The van der Waals surface area contributed by atoms with E-state index in [1.54, 1.807) is 12.1 Å². The summed E-state index contributed by atoms with van der Waals surface area (Å²) in [5.74, 6) is 0. The average Bonchev–Trinajstić information content (AvgIpc) is 2.17. The van der Waals surface area contributed by atoms with Crippen molar-refractivity contribution in [3.05, 3.63) is 39.9 Å². The Hall–Kier alpha value is -1.03. The van der Waals surface area contributed by atoms with Gasteiger partial charge < -0.3 is 0 Å². The lowest BCUT2D eigenvalue weighted by atomic mass is 10.1. The Morgan fingerprint density at radius 2 is 2.31 bits per heavy atom. The molecule has 0 radical (unpaired) electrons. The van der Waals surface area contributed by atoms with Gasteiger partial charge in [-0.3, -0.25) is 10.1 Å². The van der Waals surface area contributed by atoms with Crippen LogP contribution in [0.1, 0.15) is 24.2 Å². The van der Waals surface area contributed by atoms with Crippen LogP contribution in [0.25, 0.3) is 0 Å². The van der Waals surface area contributed by atoms with Gasteiger partial charge in [-0.2, -0.15) is 12.6 Å². The second-order valence-corrected chi connectivity index (χ2v) is 3.40. The Labute approximate surface area is 82.3 Å². The lowest BCUT2D eigenvalue weighted by molar-refractivity contribution is -0.384. The maximum atomic E-state index is 10.4. The topological polar surface area (TPSA) is 43.1 Å². The molecular weight excluding hydrogens is 186 g/mol. The minimum absolute atomic E-state index is 0.0832. The monoisotopic (exact) mass is 197 g/mol. The molecule has 0 amide bonds. The Bertz CT molecular complexity index is 314. The molecule has 0 N–H and O–H groups in total. The molecule has 13 heavy (non-hydrogen) atoms. The molecule has 0 heterocycles. The molecule has 0 saturated carbocycles. The Morgan fingerprint density at radius 3 is 2.85 bits per heavy atom. The number of benzene rings is 1. The minimum atomic E-state index is -0.389. The van der Waals surface area contributed by atoms with Gasteiger partial charge in [0.1, 0.15) is 0 Å². The highest BCUT2D eigenvalue weighted by atomic mass is 32.1. The maximum absolute atomic E-state index is 10.4. The quantitative estimate of drug-likeness (QED) is 0.460. The van der Waals surface area contributed by atoms with Gasteiger partial charge in [0.15, 0.2) is 0 Å². The van der Waals surface area contributed by atoms with E-state index in [1.165, 1.54) is 6.07 Å². The largest absolute Gasteiger partial charge is 0.269 e. The first kappa shape index (κ1) is 10.1. The van der Waals surface area contributed by atoms with Gasteiger partial charge in [0.05, 0.1) is 4.92 Å². The molecule has 1 aromatic rings. The molecule has 0 spiro atoms. The van der Waals surface area contributed by atoms with Crippen molar-refractivity contribution in [3.8, 4) is 0 Å². The molecule has 0 aliphatic rings. The Morgan fingerprint density at radius 1 is 1.62 bits per heavy atom. The molecule has 1 atom stereocenters. The van der Waals surface area contributed by atoms with Crippen LogP contribution >= 0.6 is 12.6 Å². The summed E-state index contributed by atoms with van der Waals surface area (Å²) in [6.07, 6.45) is 0.865. The van der Waals surface area contributed by atoms with Crippen LogP contribution in [-0.2, 0) is 0 Å². The fourth-order valence-corrected chi connectivity index (χ4v) is 1.24. The molecule has 0 aliphatic heterocycles. The first-order valence-corrected chi connectivity index (χ1v) is 4.59. The highest BCUT2D eigenvalue weighted by Crippen LogP contribution is 2.25. The Balaban J connectivity index is 2.98. The molecule has 1 rings (SSSR count). The van der Waals surface area contributed by atoms with E-state index in [2.05, 4.69) is 12.6 Å². The van der Waals surface area contributed by atoms with Crippen molar-refractivity contribution in [1.82, 2.24) is 0 Å². The van der Waals surface area contributed by atoms with E-state index in [0.29, 0.717) is 0 Å². The van der Waals surface area contributed by atoms with E-state index in [0.717, 1.165) is 12.0 Å². The summed E-state index contributed by atoms with van der Waals surface area (Å²) in [5, 5.41) is 10.5. The zero-order valence-corrected chi connectivity index (χ0v) is 8.20. The molecule has 1 aromatic carbocycles. The number of nitrogens with zero attached hydrogens (tertiary/aromatic N) is 1. The van der Waals surface area contributed by atoms with Gasteiger partial charge in [-0.15, -0.1) is 0 Å². The van der Waals surface area contributed by atoms with Crippen molar-refractivity contribution < 1.29 is 4.92 Å². The molecule has 3 nitrogen and oxygen atoms in total. The van der Waals surface area contributed by atoms with Crippen LogP contribution in [0.2, 0.25) is 0 Å². The van der Waals surface area contributed by atoms with Gasteiger partial charge in [-0.05, 0) is 12.0 Å². The minimum Gasteiger partial charge on any atom is -0.258 e. The summed E-state index contributed by atoms with van der Waals surface area (Å²) in [6.45, 7) is 2.00. The second kappa shape index (κ2) is 4.28. The summed E-state index contributed by atoms with van der Waals surface area (Å²) >= 11 is 4.31. The number of rotatable bonds is 3. The molecule has 0 aromatic heterocycles. The van der Waals surface area contributed by atoms with Crippen LogP contribution in [0.3, 0.4) is 0 Å². The van der Waals surface area contributed by atoms with Gasteiger partial charge >= 0.3 is 0 Å². The Kier molecular flexibility index (Phi) is 3.31. The average molecular weight is 197 g/mol. The third-order valence-electron chi connectivity index (χ3n) is 1.85. The van der Waals surface area contributed by atoms with Gasteiger partial charge in [-0.1, -0.05) is 19.1 Å². The van der Waals surface area contributed by atoms with Gasteiger partial charge in [0.25, 0.3) is 5.69 Å². The first-order valence-electron chi connectivity index (χ1n) is 4.07. The molecule has 0 aliphatic carbocycles. The van der Waals surface area contributed by atoms with Crippen LogP contribution in [0, 0.1) is 10.1 Å². The number of hydrogen-bond donors (Lipinski definition) is 1. The molecular formula is C9H11NO2S. The third-order valence-corrected chi connectivity index (χ3v) is 2.52. The lowest BCUT2D eigenvalue weighted by Crippen LogP contribution is -1.92. The summed E-state index contributed by atoms with van der Waals surface area (Å²) in [6, 6.07) is 6.60. The van der Waals surface area contributed by atoms with Crippen molar-refractivity contribution in [1.29, 1.82) is 0 Å².